The van der Waals surface area contributed by atoms with E-state index in [1.54, 1.807) is 0 Å². The van der Waals surface area contributed by atoms with Gasteiger partial charge in [0.2, 0.25) is 0 Å². The number of nitrogens with zero attached hydrogens (tertiary/aromatic N) is 2. The fraction of sp³-hybridized carbons (Fsp3) is 0.444. The molecule has 0 radical (unpaired) electrons. The van der Waals surface area contributed by atoms with E-state index in [0.29, 0.717) is 13.2 Å². The number of H-pyrrole nitrogens is 1. The number of carbonyl (C=O) groups excluding carboxylic acids is 1. The van der Waals surface area contributed by atoms with Gasteiger partial charge in [0, 0.05) is 47.4 Å². The summed E-state index contributed by atoms with van der Waals surface area (Å²) in [5.41, 5.74) is 6.07. The maximum absolute atomic E-state index is 12.7. The summed E-state index contributed by atoms with van der Waals surface area (Å²) in [6, 6.07) is 12.9. The van der Waals surface area contributed by atoms with Gasteiger partial charge in [0.15, 0.2) is 0 Å². The van der Waals surface area contributed by atoms with Crippen molar-refractivity contribution in [1.29, 1.82) is 0 Å². The molecule has 8 heteroatoms. The predicted molar refractivity (Wildman–Crippen MR) is 147 cm³/mol. The molecule has 0 bridgehead atoms. The number of aromatic amines is 1. The zero-order chi connectivity index (χ0) is 22.8. The normalized spacial score (nSPS) is 15.5. The lowest BCUT2D eigenvalue weighted by atomic mass is 9.99. The lowest BCUT2D eigenvalue weighted by Crippen LogP contribution is -2.28. The van der Waals surface area contributed by atoms with Gasteiger partial charge in [-0.15, -0.1) is 24.8 Å². The smallest absolute Gasteiger partial charge is 0.252 e. The number of piperidine rings is 1. The van der Waals surface area contributed by atoms with Gasteiger partial charge < -0.3 is 19.9 Å². The predicted octanol–water partition coefficient (Wildman–Crippen LogP) is 5.24. The fourth-order valence-corrected chi connectivity index (χ4v) is 5.04. The van der Waals surface area contributed by atoms with Crippen molar-refractivity contribution >= 4 is 41.6 Å². The van der Waals surface area contributed by atoms with Crippen LogP contribution in [0.3, 0.4) is 0 Å². The zero-order valence-corrected chi connectivity index (χ0v) is 22.2. The molecule has 6 nitrogen and oxygen atoms in total. The van der Waals surface area contributed by atoms with Crippen LogP contribution in [0.4, 0.5) is 0 Å². The van der Waals surface area contributed by atoms with Crippen molar-refractivity contribution in [3.05, 3.63) is 53.1 Å². The third-order valence-corrected chi connectivity index (χ3v) is 6.76. The summed E-state index contributed by atoms with van der Waals surface area (Å²) in [5, 5.41) is 4.18. The standard InChI is InChI=1S/C27H34N4O2.2ClH/c1-30(2)11-6-14-33-25-10-8-21(26-22(25)17-28-27(26)32)24-16-20-15-19(7-9-23(20)29-24)18-31-12-4-3-5-13-31;;/h7-10,15-16,29H,3-6,11-14,17-18H2,1-2H3,(H,28,32);2*1H. The highest BCUT2D eigenvalue weighted by Gasteiger charge is 2.27. The molecule has 190 valence electrons. The Bertz CT molecular complexity index is 1160. The van der Waals surface area contributed by atoms with E-state index in [-0.39, 0.29) is 30.7 Å². The van der Waals surface area contributed by atoms with Crippen LogP contribution in [0.15, 0.2) is 36.4 Å². The molecule has 0 aliphatic carbocycles. The molecule has 2 aromatic carbocycles. The Morgan fingerprint density at radius 1 is 1.03 bits per heavy atom. The Kier molecular flexibility index (Phi) is 9.47. The first-order valence-corrected chi connectivity index (χ1v) is 12.1. The van der Waals surface area contributed by atoms with E-state index in [4.69, 9.17) is 4.74 Å². The van der Waals surface area contributed by atoms with Gasteiger partial charge in [-0.1, -0.05) is 12.5 Å². The largest absolute Gasteiger partial charge is 0.493 e. The summed E-state index contributed by atoms with van der Waals surface area (Å²) in [5.74, 6) is 0.786. The maximum Gasteiger partial charge on any atom is 0.252 e. The molecule has 0 atom stereocenters. The first kappa shape index (κ1) is 27.3. The number of hydrogen-bond acceptors (Lipinski definition) is 4. The van der Waals surface area contributed by atoms with Crippen LogP contribution in [0, 0.1) is 0 Å². The molecule has 35 heavy (non-hydrogen) atoms. The minimum Gasteiger partial charge on any atom is -0.493 e. The van der Waals surface area contributed by atoms with Crippen LogP contribution in [-0.4, -0.2) is 61.0 Å². The van der Waals surface area contributed by atoms with Crippen LogP contribution in [0.25, 0.3) is 22.2 Å². The van der Waals surface area contributed by atoms with Gasteiger partial charge in [-0.2, -0.15) is 0 Å². The quantitative estimate of drug-likeness (QED) is 0.400. The molecule has 3 heterocycles. The lowest BCUT2D eigenvalue weighted by molar-refractivity contribution is 0.0966. The van der Waals surface area contributed by atoms with E-state index in [0.717, 1.165) is 53.2 Å². The minimum atomic E-state index is -0.0248. The Morgan fingerprint density at radius 2 is 1.83 bits per heavy atom. The molecule has 0 unspecified atom stereocenters. The molecule has 1 saturated heterocycles. The first-order chi connectivity index (χ1) is 16.1. The van der Waals surface area contributed by atoms with Gasteiger partial charge in [-0.05, 0) is 82.3 Å². The molecule has 2 aliphatic heterocycles. The second kappa shape index (κ2) is 12.1. The number of hydrogen-bond donors (Lipinski definition) is 2. The fourth-order valence-electron chi connectivity index (χ4n) is 5.04. The Hall–Kier alpha value is -2.25. The van der Waals surface area contributed by atoms with E-state index in [1.165, 1.54) is 43.3 Å². The SMILES string of the molecule is CN(C)CCCOc1ccc(-c2cc3cc(CN4CCCCC4)ccc3[nH]2)c2c1CNC2=O.Cl.Cl. The van der Waals surface area contributed by atoms with Gasteiger partial charge in [-0.3, -0.25) is 9.69 Å². The van der Waals surface area contributed by atoms with Crippen LogP contribution in [0.5, 0.6) is 5.75 Å². The molecular formula is C27H36Cl2N4O2. The molecule has 5 rings (SSSR count). The molecule has 1 amide bonds. The van der Waals surface area contributed by atoms with E-state index in [2.05, 4.69) is 58.5 Å². The van der Waals surface area contributed by atoms with E-state index in [1.807, 2.05) is 12.1 Å². The molecule has 0 spiro atoms. The molecule has 1 fully saturated rings. The van der Waals surface area contributed by atoms with Crippen LogP contribution in [0.1, 0.15) is 47.2 Å². The number of benzene rings is 2. The molecule has 2 aliphatic rings. The number of ether oxygens (including phenoxy) is 1. The molecule has 2 N–H and O–H groups in total. The third kappa shape index (κ3) is 6.12. The van der Waals surface area contributed by atoms with Gasteiger partial charge in [0.05, 0.1) is 12.2 Å². The summed E-state index contributed by atoms with van der Waals surface area (Å²) in [4.78, 5) is 21.0. The second-order valence-electron chi connectivity index (χ2n) is 9.59. The van der Waals surface area contributed by atoms with Gasteiger partial charge >= 0.3 is 0 Å². The number of rotatable bonds is 8. The second-order valence-corrected chi connectivity index (χ2v) is 9.59. The summed E-state index contributed by atoms with van der Waals surface area (Å²) in [6.07, 6.45) is 4.92. The van der Waals surface area contributed by atoms with E-state index < -0.39 is 0 Å². The van der Waals surface area contributed by atoms with Crippen molar-refractivity contribution in [2.45, 2.75) is 38.8 Å². The Morgan fingerprint density at radius 3 is 2.60 bits per heavy atom. The molecular weight excluding hydrogens is 483 g/mol. The van der Waals surface area contributed by atoms with Crippen LogP contribution in [0.2, 0.25) is 0 Å². The van der Waals surface area contributed by atoms with Crippen LogP contribution >= 0.6 is 24.8 Å². The van der Waals surface area contributed by atoms with E-state index in [9.17, 15) is 4.79 Å². The summed E-state index contributed by atoms with van der Waals surface area (Å²) < 4.78 is 6.05. The van der Waals surface area contributed by atoms with E-state index >= 15 is 0 Å². The topological polar surface area (TPSA) is 60.6 Å². The van der Waals surface area contributed by atoms with Gasteiger partial charge in [0.1, 0.15) is 5.75 Å². The number of aromatic nitrogens is 1. The highest BCUT2D eigenvalue weighted by molar-refractivity contribution is 6.05. The number of carbonyl (C=O) groups is 1. The van der Waals surface area contributed by atoms with Crippen LogP contribution in [-0.2, 0) is 13.1 Å². The number of nitrogens with one attached hydrogen (secondary N) is 2. The summed E-state index contributed by atoms with van der Waals surface area (Å²) >= 11 is 0. The van der Waals surface area contributed by atoms with Gasteiger partial charge in [-0.25, -0.2) is 0 Å². The van der Waals surface area contributed by atoms with Crippen molar-refractivity contribution in [2.75, 3.05) is 40.3 Å². The molecule has 3 aromatic rings. The van der Waals surface area contributed by atoms with Crippen molar-refractivity contribution in [3.8, 4) is 17.0 Å². The van der Waals surface area contributed by atoms with Crippen molar-refractivity contribution < 1.29 is 9.53 Å². The Labute approximate surface area is 220 Å². The van der Waals surface area contributed by atoms with Crippen LogP contribution < -0.4 is 10.1 Å². The average Bonchev–Trinajstić information content (AvgIpc) is 3.41. The third-order valence-electron chi connectivity index (χ3n) is 6.76. The number of amides is 1. The minimum absolute atomic E-state index is 0. The highest BCUT2D eigenvalue weighted by Crippen LogP contribution is 2.36. The molecule has 1 aromatic heterocycles. The maximum atomic E-state index is 12.7. The monoisotopic (exact) mass is 518 g/mol. The van der Waals surface area contributed by atoms with Gasteiger partial charge in [0.25, 0.3) is 5.91 Å². The first-order valence-electron chi connectivity index (χ1n) is 12.1. The number of halogens is 2. The lowest BCUT2D eigenvalue weighted by Gasteiger charge is -2.26. The average molecular weight is 520 g/mol. The highest BCUT2D eigenvalue weighted by atomic mass is 35.5. The molecule has 0 saturated carbocycles. The summed E-state index contributed by atoms with van der Waals surface area (Å²) in [6.45, 7) is 5.54. The zero-order valence-electron chi connectivity index (χ0n) is 20.6. The van der Waals surface area contributed by atoms with Crippen molar-refractivity contribution in [1.82, 2.24) is 20.1 Å². The number of fused-ring (bicyclic) bond motifs is 2. The summed E-state index contributed by atoms with van der Waals surface area (Å²) in [7, 11) is 4.12. The Balaban J connectivity index is 0.00000171. The van der Waals surface area contributed by atoms with Crippen molar-refractivity contribution in [3.63, 3.8) is 0 Å². The number of likely N-dealkylation sites (tertiary alicyclic amines) is 1. The van der Waals surface area contributed by atoms with Crippen molar-refractivity contribution in [2.24, 2.45) is 0 Å².